The van der Waals surface area contributed by atoms with Crippen LogP contribution in [-0.2, 0) is 9.53 Å². The van der Waals surface area contributed by atoms with Crippen molar-refractivity contribution in [2.75, 3.05) is 13.2 Å². The van der Waals surface area contributed by atoms with Gasteiger partial charge in [-0.05, 0) is 30.9 Å². The molecule has 0 saturated carbocycles. The van der Waals surface area contributed by atoms with Gasteiger partial charge in [-0.3, -0.25) is 4.79 Å². The fraction of sp³-hybridized carbons (Fsp3) is 0.529. The molecule has 0 radical (unpaired) electrons. The van der Waals surface area contributed by atoms with E-state index in [2.05, 4.69) is 11.4 Å². The Morgan fingerprint density at radius 1 is 1.50 bits per heavy atom. The molecule has 118 valence electrons. The summed E-state index contributed by atoms with van der Waals surface area (Å²) in [5.41, 5.74) is 0.431. The van der Waals surface area contributed by atoms with E-state index in [4.69, 9.17) is 14.7 Å². The van der Waals surface area contributed by atoms with Crippen LogP contribution < -0.4 is 10.1 Å². The highest BCUT2D eigenvalue weighted by Crippen LogP contribution is 2.21. The third kappa shape index (κ3) is 4.22. The molecule has 1 aromatic rings. The van der Waals surface area contributed by atoms with Crippen LogP contribution in [0.1, 0.15) is 32.3 Å². The summed E-state index contributed by atoms with van der Waals surface area (Å²) in [6.45, 7) is 5.11. The Labute approximate surface area is 131 Å². The Morgan fingerprint density at radius 3 is 2.91 bits per heavy atom. The summed E-state index contributed by atoms with van der Waals surface area (Å²) in [4.78, 5) is 12.4. The minimum absolute atomic E-state index is 0.00348. The smallest absolute Gasteiger partial charge is 0.261 e. The molecule has 0 aromatic heterocycles. The Kier molecular flexibility index (Phi) is 5.79. The van der Waals surface area contributed by atoms with Crippen molar-refractivity contribution in [1.29, 1.82) is 5.26 Å². The maximum absolute atomic E-state index is 12.4. The largest absolute Gasteiger partial charge is 0.479 e. The van der Waals surface area contributed by atoms with Crippen LogP contribution in [0.5, 0.6) is 5.75 Å². The second-order valence-corrected chi connectivity index (χ2v) is 5.77. The number of nitrogens with zero attached hydrogens (tertiary/aromatic N) is 1. The van der Waals surface area contributed by atoms with E-state index in [-0.39, 0.29) is 17.9 Å². The molecule has 1 fully saturated rings. The van der Waals surface area contributed by atoms with Crippen LogP contribution in [-0.4, -0.2) is 31.3 Å². The minimum Gasteiger partial charge on any atom is -0.479 e. The van der Waals surface area contributed by atoms with Crippen LogP contribution in [0.4, 0.5) is 0 Å². The normalized spacial score (nSPS) is 18.7. The number of nitriles is 1. The lowest BCUT2D eigenvalue weighted by Crippen LogP contribution is -2.44. The van der Waals surface area contributed by atoms with E-state index in [1.807, 2.05) is 13.8 Å². The zero-order valence-corrected chi connectivity index (χ0v) is 13.0. The van der Waals surface area contributed by atoms with Gasteiger partial charge in [-0.25, -0.2) is 0 Å². The van der Waals surface area contributed by atoms with Gasteiger partial charge in [-0.15, -0.1) is 0 Å². The highest BCUT2D eigenvalue weighted by Gasteiger charge is 2.26. The van der Waals surface area contributed by atoms with Gasteiger partial charge in [0.1, 0.15) is 11.8 Å². The molecule has 0 aliphatic carbocycles. The number of nitrogens with one attached hydrogen (secondary N) is 1. The lowest BCUT2D eigenvalue weighted by atomic mass is 10.1. The number of carbonyl (C=O) groups is 1. The first-order valence-electron chi connectivity index (χ1n) is 7.67. The molecule has 1 N–H and O–H groups in total. The summed E-state index contributed by atoms with van der Waals surface area (Å²) in [6, 6.07) is 9.03. The second-order valence-electron chi connectivity index (χ2n) is 5.77. The summed E-state index contributed by atoms with van der Waals surface area (Å²) in [5, 5.41) is 12.0. The summed E-state index contributed by atoms with van der Waals surface area (Å²) < 4.78 is 11.3. The van der Waals surface area contributed by atoms with Gasteiger partial charge in [0.15, 0.2) is 6.10 Å². The molecule has 2 rings (SSSR count). The van der Waals surface area contributed by atoms with Gasteiger partial charge < -0.3 is 14.8 Å². The third-order valence-electron chi connectivity index (χ3n) is 3.65. The van der Waals surface area contributed by atoms with Crippen molar-refractivity contribution in [2.45, 2.75) is 38.9 Å². The number of hydrogen-bond acceptors (Lipinski definition) is 4. The molecule has 5 nitrogen and oxygen atoms in total. The van der Waals surface area contributed by atoms with E-state index in [9.17, 15) is 4.79 Å². The van der Waals surface area contributed by atoms with Gasteiger partial charge in [0, 0.05) is 13.2 Å². The first-order valence-corrected chi connectivity index (χ1v) is 7.67. The third-order valence-corrected chi connectivity index (χ3v) is 3.65. The SMILES string of the molecule is CC(C)C(Oc1ccccc1C#N)C(=O)NCC1CCCO1. The van der Waals surface area contributed by atoms with Gasteiger partial charge in [0.05, 0.1) is 11.7 Å². The Balaban J connectivity index is 1.99. The lowest BCUT2D eigenvalue weighted by Gasteiger charge is -2.23. The number of rotatable bonds is 6. The zero-order chi connectivity index (χ0) is 15.9. The van der Waals surface area contributed by atoms with Gasteiger partial charge in [-0.1, -0.05) is 26.0 Å². The molecule has 2 unspecified atom stereocenters. The molecule has 2 atom stereocenters. The molecular weight excluding hydrogens is 280 g/mol. The van der Waals surface area contributed by atoms with E-state index < -0.39 is 6.10 Å². The predicted octanol–water partition coefficient (Wildman–Crippen LogP) is 2.26. The highest BCUT2D eigenvalue weighted by molar-refractivity contribution is 5.81. The molecule has 0 spiro atoms. The molecule has 1 heterocycles. The van der Waals surface area contributed by atoms with Crippen molar-refractivity contribution in [3.63, 3.8) is 0 Å². The molecule has 1 aromatic carbocycles. The highest BCUT2D eigenvalue weighted by atomic mass is 16.5. The van der Waals surface area contributed by atoms with E-state index in [0.29, 0.717) is 17.9 Å². The molecule has 1 saturated heterocycles. The maximum Gasteiger partial charge on any atom is 0.261 e. The van der Waals surface area contributed by atoms with Crippen LogP contribution >= 0.6 is 0 Å². The van der Waals surface area contributed by atoms with Crippen LogP contribution in [0.2, 0.25) is 0 Å². The van der Waals surface area contributed by atoms with E-state index >= 15 is 0 Å². The Hall–Kier alpha value is -2.06. The standard InChI is InChI=1S/C17H22N2O3/c1-12(2)16(17(20)19-11-14-7-5-9-21-14)22-15-8-4-3-6-13(15)10-18/h3-4,6,8,12,14,16H,5,7,9,11H2,1-2H3,(H,19,20). The van der Waals surface area contributed by atoms with Crippen molar-refractivity contribution >= 4 is 5.91 Å². The van der Waals surface area contributed by atoms with Crippen molar-refractivity contribution < 1.29 is 14.3 Å². The minimum atomic E-state index is -0.629. The monoisotopic (exact) mass is 302 g/mol. The quantitative estimate of drug-likeness (QED) is 0.875. The molecule has 5 heteroatoms. The summed E-state index contributed by atoms with van der Waals surface area (Å²) in [7, 11) is 0. The van der Waals surface area contributed by atoms with Gasteiger partial charge in [-0.2, -0.15) is 5.26 Å². The van der Waals surface area contributed by atoms with Crippen molar-refractivity contribution in [3.8, 4) is 11.8 Å². The number of benzene rings is 1. The topological polar surface area (TPSA) is 71.3 Å². The van der Waals surface area contributed by atoms with Crippen molar-refractivity contribution in [2.24, 2.45) is 5.92 Å². The zero-order valence-electron chi connectivity index (χ0n) is 13.0. The molecule has 0 bridgehead atoms. The first-order chi connectivity index (χ1) is 10.6. The molecule has 1 amide bonds. The van der Waals surface area contributed by atoms with E-state index in [1.165, 1.54) is 0 Å². The first kappa shape index (κ1) is 16.3. The molecule has 1 aliphatic rings. The number of hydrogen-bond donors (Lipinski definition) is 1. The number of amides is 1. The fourth-order valence-corrected chi connectivity index (χ4v) is 2.41. The fourth-order valence-electron chi connectivity index (χ4n) is 2.41. The van der Waals surface area contributed by atoms with Crippen LogP contribution in [0, 0.1) is 17.2 Å². The molecule has 1 aliphatic heterocycles. The van der Waals surface area contributed by atoms with Gasteiger partial charge >= 0.3 is 0 Å². The van der Waals surface area contributed by atoms with Crippen LogP contribution in [0.15, 0.2) is 24.3 Å². The molecule has 22 heavy (non-hydrogen) atoms. The van der Waals surface area contributed by atoms with E-state index in [0.717, 1.165) is 19.4 Å². The second kappa shape index (κ2) is 7.81. The van der Waals surface area contributed by atoms with Gasteiger partial charge in [0.2, 0.25) is 0 Å². The number of para-hydroxylation sites is 1. The number of ether oxygens (including phenoxy) is 2. The van der Waals surface area contributed by atoms with E-state index in [1.54, 1.807) is 24.3 Å². The number of carbonyl (C=O) groups excluding carboxylic acids is 1. The summed E-state index contributed by atoms with van der Waals surface area (Å²) >= 11 is 0. The van der Waals surface area contributed by atoms with Crippen molar-refractivity contribution in [1.82, 2.24) is 5.32 Å². The van der Waals surface area contributed by atoms with Gasteiger partial charge in [0.25, 0.3) is 5.91 Å². The Morgan fingerprint density at radius 2 is 2.27 bits per heavy atom. The predicted molar refractivity (Wildman–Crippen MR) is 82.4 cm³/mol. The van der Waals surface area contributed by atoms with Crippen molar-refractivity contribution in [3.05, 3.63) is 29.8 Å². The summed E-state index contributed by atoms with van der Waals surface area (Å²) in [6.07, 6.45) is 1.49. The summed E-state index contributed by atoms with van der Waals surface area (Å²) in [5.74, 6) is 0.269. The van der Waals surface area contributed by atoms with Crippen LogP contribution in [0.3, 0.4) is 0 Å². The average Bonchev–Trinajstić information content (AvgIpc) is 3.03. The van der Waals surface area contributed by atoms with Crippen LogP contribution in [0.25, 0.3) is 0 Å². The lowest BCUT2D eigenvalue weighted by molar-refractivity contribution is -0.130. The maximum atomic E-state index is 12.4. The Bertz CT molecular complexity index is 545. The average molecular weight is 302 g/mol. The molecular formula is C17H22N2O3.